The van der Waals surface area contributed by atoms with Crippen molar-refractivity contribution in [3.63, 3.8) is 0 Å². The molecule has 2 saturated carbocycles. The van der Waals surface area contributed by atoms with Gasteiger partial charge in [0, 0.05) is 35.5 Å². The third kappa shape index (κ3) is 6.96. The largest absolute Gasteiger partial charge is 1.00 e. The Morgan fingerprint density at radius 1 is 1.23 bits per heavy atom. The number of nitrogens with two attached hydrogens (primary N) is 1. The number of primary amides is 1. The van der Waals surface area contributed by atoms with Crippen molar-refractivity contribution in [1.29, 1.82) is 0 Å². The molecule has 3 aromatic rings. The van der Waals surface area contributed by atoms with Crippen molar-refractivity contribution in [2.75, 3.05) is 24.4 Å². The third-order valence-electron chi connectivity index (χ3n) is 6.98. The smallest absolute Gasteiger partial charge is 0.854 e. The summed E-state index contributed by atoms with van der Waals surface area (Å²) in [6.45, 7) is -0.0542. The zero-order valence-corrected chi connectivity index (χ0v) is 28.6. The van der Waals surface area contributed by atoms with Crippen LogP contribution >= 0.6 is 0 Å². The molecule has 2 amide bonds. The Morgan fingerprint density at radius 3 is 2.72 bits per heavy atom. The number of anilines is 3. The number of nitrogens with zero attached hydrogens (tertiary/aromatic N) is 3. The van der Waals surface area contributed by atoms with Gasteiger partial charge in [-0.25, -0.2) is 4.98 Å². The number of unbranched alkanes of at least 4 members (excludes halogenated alkanes) is 1. The van der Waals surface area contributed by atoms with Crippen LogP contribution in [0.4, 0.5) is 17.2 Å². The first-order chi connectivity index (χ1) is 18.5. The van der Waals surface area contributed by atoms with Crippen molar-refractivity contribution < 1.29 is 88.3 Å². The quantitative estimate of drug-likeness (QED) is 0.203. The van der Waals surface area contributed by atoms with Gasteiger partial charge in [0.2, 0.25) is 5.91 Å². The summed E-state index contributed by atoms with van der Waals surface area (Å²) in [5.41, 5.74) is 9.85. The van der Waals surface area contributed by atoms with Gasteiger partial charge in [0.15, 0.2) is 0 Å². The summed E-state index contributed by atoms with van der Waals surface area (Å²) >= 11 is 0. The number of aromatic nitrogens is 3. The third-order valence-corrected chi connectivity index (χ3v) is 6.98. The van der Waals surface area contributed by atoms with E-state index in [1.165, 1.54) is 11.8 Å². The molecule has 5 rings (SSSR count). The van der Waals surface area contributed by atoms with Gasteiger partial charge in [-0.15, -0.1) is 6.61 Å². The summed E-state index contributed by atoms with van der Waals surface area (Å²) in [6, 6.07) is 7.48. The van der Waals surface area contributed by atoms with Crippen molar-refractivity contribution in [3.05, 3.63) is 60.1 Å². The maximum atomic E-state index is 12.2. The van der Waals surface area contributed by atoms with Gasteiger partial charge in [0.25, 0.3) is 5.91 Å². The molecule has 0 radical (unpaired) electrons. The summed E-state index contributed by atoms with van der Waals surface area (Å²) in [7, 11) is 1.58. The zero-order chi connectivity index (χ0) is 26.6. The van der Waals surface area contributed by atoms with Gasteiger partial charge >= 0.3 is 68.9 Å². The number of hydrogen-bond donors (Lipinski definition) is 3. The van der Waals surface area contributed by atoms with E-state index in [9.17, 15) is 14.7 Å². The summed E-state index contributed by atoms with van der Waals surface area (Å²) in [6.07, 6.45) is 12.6. The molecule has 10 nitrogen and oxygen atoms in total. The zero-order valence-electron chi connectivity index (χ0n) is 22.3. The average Bonchev–Trinajstić information content (AvgIpc) is 3.64. The Bertz CT molecular complexity index is 1380. The Labute approximate surface area is 286 Å². The normalized spacial score (nSPS) is 17.2. The second-order valence-corrected chi connectivity index (χ2v) is 9.64. The number of ether oxygens (including phenoxy) is 1. The molecule has 0 bridgehead atoms. The Morgan fingerprint density at radius 2 is 2.05 bits per heavy atom. The van der Waals surface area contributed by atoms with E-state index in [-0.39, 0.29) is 98.9 Å². The molecule has 0 aliphatic heterocycles. The minimum absolute atomic E-state index is 0. The van der Waals surface area contributed by atoms with Crippen LogP contribution < -0.4 is 95.1 Å². The molecule has 2 heterocycles. The molecular formula is C28H31CsN6O4. The van der Waals surface area contributed by atoms with Crippen LogP contribution in [0, 0.1) is 5.92 Å². The number of hydrogen-bond acceptors (Lipinski definition) is 7. The molecule has 1 atom stereocenters. The number of pyridine rings is 1. The van der Waals surface area contributed by atoms with Crippen molar-refractivity contribution in [2.45, 2.75) is 44.6 Å². The molecular weight excluding hydrogens is 617 g/mol. The fourth-order valence-electron chi connectivity index (χ4n) is 4.62. The average molecular weight is 648 g/mol. The predicted molar refractivity (Wildman–Crippen MR) is 142 cm³/mol. The molecule has 2 aliphatic carbocycles. The maximum Gasteiger partial charge on any atom is 1.00 e. The van der Waals surface area contributed by atoms with Gasteiger partial charge in [-0.2, -0.15) is 5.10 Å². The second-order valence-electron chi connectivity index (χ2n) is 9.64. The van der Waals surface area contributed by atoms with Crippen LogP contribution in [0.1, 0.15) is 54.9 Å². The van der Waals surface area contributed by atoms with E-state index in [2.05, 4.69) is 26.8 Å². The van der Waals surface area contributed by atoms with Crippen LogP contribution in [0.5, 0.6) is 5.75 Å². The number of allylic oxidation sites excluding steroid dienone is 2. The molecule has 1 unspecified atom stereocenters. The number of amides is 2. The van der Waals surface area contributed by atoms with Gasteiger partial charge in [0.1, 0.15) is 11.6 Å². The number of methoxy groups -OCH3 is 1. The molecule has 39 heavy (non-hydrogen) atoms. The minimum Gasteiger partial charge on any atom is -0.854 e. The molecule has 11 heteroatoms. The standard InChI is InChI=1S/C28H31N6O4.Cs/c1-38-26-20(19-14-31-34(16-19)24-11-10-17(24)5-2-3-12-35)6-4-7-22(26)32-23-13-25(30-15-21(23)27(29)36)33-28(37)18-8-9-18;/h4-7,13-16,18,24H,2-3,8-12H2,1H3,(H2,29,36)(H2,30,32,33,37);/q-1;+1/b17-5+;. The van der Waals surface area contributed by atoms with Crippen LogP contribution in [-0.4, -0.2) is 40.3 Å². The fourth-order valence-corrected chi connectivity index (χ4v) is 4.62. The summed E-state index contributed by atoms with van der Waals surface area (Å²) < 4.78 is 7.76. The first-order valence-electron chi connectivity index (χ1n) is 12.8. The first kappa shape index (κ1) is 29.8. The van der Waals surface area contributed by atoms with E-state index in [0.29, 0.717) is 29.4 Å². The van der Waals surface area contributed by atoms with E-state index < -0.39 is 5.91 Å². The molecule has 2 aromatic heterocycles. The number of benzene rings is 1. The molecule has 0 spiro atoms. The second kappa shape index (κ2) is 13.5. The number of nitrogens with one attached hydrogen (secondary N) is 2. The predicted octanol–water partition coefficient (Wildman–Crippen LogP) is 0.551. The van der Waals surface area contributed by atoms with E-state index in [1.54, 1.807) is 13.2 Å². The molecule has 4 N–H and O–H groups in total. The van der Waals surface area contributed by atoms with Crippen molar-refractivity contribution in [3.8, 4) is 16.9 Å². The van der Waals surface area contributed by atoms with Crippen LogP contribution in [0.2, 0.25) is 0 Å². The summed E-state index contributed by atoms with van der Waals surface area (Å²) in [4.78, 5) is 28.5. The maximum absolute atomic E-state index is 12.2. The van der Waals surface area contributed by atoms with E-state index in [4.69, 9.17) is 10.5 Å². The molecule has 1 aromatic carbocycles. The Kier molecular flexibility index (Phi) is 10.3. The van der Waals surface area contributed by atoms with Gasteiger partial charge in [-0.1, -0.05) is 24.6 Å². The summed E-state index contributed by atoms with van der Waals surface area (Å²) in [5.74, 6) is 0.206. The van der Waals surface area contributed by atoms with Gasteiger partial charge in [-0.3, -0.25) is 14.3 Å². The molecule has 0 saturated heterocycles. The first-order valence-corrected chi connectivity index (χ1v) is 12.8. The number of carbonyl (C=O) groups excluding carboxylic acids is 2. The summed E-state index contributed by atoms with van der Waals surface area (Å²) in [5, 5.41) is 21.4. The SMILES string of the molecule is COc1c(Nc2cc(NC(=O)C3CC3)ncc2C(N)=O)cccc1-c1cnn(C2CC/C2=C\CCC[O-])c1.[Cs+]. The van der Waals surface area contributed by atoms with Crippen molar-refractivity contribution >= 4 is 29.0 Å². The van der Waals surface area contributed by atoms with Gasteiger partial charge in [0.05, 0.1) is 36.3 Å². The fraction of sp³-hybridized carbons (Fsp3) is 0.357. The van der Waals surface area contributed by atoms with Crippen molar-refractivity contribution in [2.24, 2.45) is 11.7 Å². The topological polar surface area (TPSA) is 147 Å². The number of para-hydroxylation sites is 1. The number of carbonyl (C=O) groups is 2. The monoisotopic (exact) mass is 648 g/mol. The van der Waals surface area contributed by atoms with Crippen molar-refractivity contribution in [1.82, 2.24) is 14.8 Å². The molecule has 198 valence electrons. The van der Waals surface area contributed by atoms with Gasteiger partial charge in [-0.05, 0) is 43.7 Å². The van der Waals surface area contributed by atoms with Crippen LogP contribution in [0.3, 0.4) is 0 Å². The van der Waals surface area contributed by atoms with E-state index in [1.807, 2.05) is 35.3 Å². The van der Waals surface area contributed by atoms with E-state index in [0.717, 1.165) is 43.2 Å². The van der Waals surface area contributed by atoms with Crippen LogP contribution in [0.25, 0.3) is 11.1 Å². The van der Waals surface area contributed by atoms with Gasteiger partial charge < -0.3 is 26.2 Å². The van der Waals surface area contributed by atoms with Crippen LogP contribution in [-0.2, 0) is 4.79 Å². The number of rotatable bonds is 11. The van der Waals surface area contributed by atoms with Crippen LogP contribution in [0.15, 0.2) is 54.5 Å². The van der Waals surface area contributed by atoms with E-state index >= 15 is 0 Å². The minimum atomic E-state index is -0.643. The molecule has 2 aliphatic rings. The molecule has 2 fully saturated rings. The Hall–Kier alpha value is -2.13. The Balaban J connectivity index is 0.00000353.